The molecule has 2 saturated heterocycles. The summed E-state index contributed by atoms with van der Waals surface area (Å²) < 4.78 is 13.9. The molecule has 3 heterocycles. The van der Waals surface area contributed by atoms with E-state index < -0.39 is 12.2 Å². The lowest BCUT2D eigenvalue weighted by Crippen LogP contribution is -2.58. The van der Waals surface area contributed by atoms with E-state index in [9.17, 15) is 9.18 Å². The van der Waals surface area contributed by atoms with E-state index in [0.29, 0.717) is 31.8 Å². The Labute approximate surface area is 105 Å². The maximum atomic E-state index is 13.9. The molecule has 98 valence electrons. The highest BCUT2D eigenvalue weighted by atomic mass is 19.1. The van der Waals surface area contributed by atoms with Gasteiger partial charge >= 0.3 is 0 Å². The van der Waals surface area contributed by atoms with Gasteiger partial charge in [0.2, 0.25) is 5.91 Å². The molecular formula is C12H17FN4O. The fourth-order valence-corrected chi connectivity index (χ4v) is 3.11. The van der Waals surface area contributed by atoms with E-state index in [1.807, 2.05) is 9.80 Å². The number of piperazine rings is 1. The van der Waals surface area contributed by atoms with Crippen LogP contribution < -0.4 is 5.73 Å². The summed E-state index contributed by atoms with van der Waals surface area (Å²) in [6.45, 7) is 2.06. The Balaban J connectivity index is 1.73. The molecule has 0 radical (unpaired) electrons. The van der Waals surface area contributed by atoms with E-state index in [2.05, 4.69) is 4.99 Å². The van der Waals surface area contributed by atoms with Crippen LogP contribution in [0.4, 0.5) is 4.39 Å². The third kappa shape index (κ3) is 1.80. The molecule has 2 N–H and O–H groups in total. The van der Waals surface area contributed by atoms with Crippen molar-refractivity contribution in [3.8, 4) is 0 Å². The monoisotopic (exact) mass is 252 g/mol. The Bertz CT molecular complexity index is 422. The van der Waals surface area contributed by atoms with Crippen LogP contribution in [0.5, 0.6) is 0 Å². The van der Waals surface area contributed by atoms with Crippen molar-refractivity contribution in [2.24, 2.45) is 10.7 Å². The molecule has 3 unspecified atom stereocenters. The molecule has 0 bridgehead atoms. The molecule has 0 spiro atoms. The molecule has 6 heteroatoms. The van der Waals surface area contributed by atoms with E-state index in [1.54, 1.807) is 0 Å². The summed E-state index contributed by atoms with van der Waals surface area (Å²) in [6.07, 6.45) is 3.16. The molecule has 0 aliphatic carbocycles. The quantitative estimate of drug-likeness (QED) is 0.708. The van der Waals surface area contributed by atoms with Gasteiger partial charge in [-0.05, 0) is 6.42 Å². The first-order chi connectivity index (χ1) is 8.66. The number of carbonyl (C=O) groups is 1. The summed E-state index contributed by atoms with van der Waals surface area (Å²) in [6, 6.07) is -0.189. The zero-order valence-electron chi connectivity index (χ0n) is 10.1. The van der Waals surface area contributed by atoms with Gasteiger partial charge in [0.15, 0.2) is 6.17 Å². The van der Waals surface area contributed by atoms with Gasteiger partial charge in [0.25, 0.3) is 0 Å². The van der Waals surface area contributed by atoms with Crippen molar-refractivity contribution < 1.29 is 9.18 Å². The van der Waals surface area contributed by atoms with Gasteiger partial charge in [-0.25, -0.2) is 4.39 Å². The van der Waals surface area contributed by atoms with Crippen LogP contribution in [0.25, 0.3) is 0 Å². The number of alkyl halides is 1. The minimum Gasteiger partial charge on any atom is -0.399 e. The lowest BCUT2D eigenvalue weighted by atomic mass is 10.0. The molecule has 0 aromatic carbocycles. The van der Waals surface area contributed by atoms with Crippen LogP contribution in [0.2, 0.25) is 0 Å². The molecule has 3 rings (SSSR count). The second-order valence-electron chi connectivity index (χ2n) is 5.09. The molecule has 2 fully saturated rings. The summed E-state index contributed by atoms with van der Waals surface area (Å²) in [4.78, 5) is 19.3. The van der Waals surface area contributed by atoms with E-state index in [-0.39, 0.29) is 11.9 Å². The summed E-state index contributed by atoms with van der Waals surface area (Å²) in [5.74, 6) is 0.227. The highest BCUT2D eigenvalue weighted by Crippen LogP contribution is 2.26. The average Bonchev–Trinajstić information content (AvgIpc) is 2.71. The minimum atomic E-state index is -1.15. The highest BCUT2D eigenvalue weighted by molar-refractivity contribution is 5.79. The maximum absolute atomic E-state index is 13.9. The maximum Gasteiger partial charge on any atom is 0.222 e. The third-order valence-corrected chi connectivity index (χ3v) is 4.01. The van der Waals surface area contributed by atoms with Crippen molar-refractivity contribution in [1.29, 1.82) is 0 Å². The fraction of sp³-hybridized carbons (Fsp3) is 0.667. The normalized spacial score (nSPS) is 36.7. The number of halogens is 1. The SMILES string of the molecule is NC1=CN=CC(F)C1N1CCN2C(=O)CCC2C1. The number of amides is 1. The molecule has 3 atom stereocenters. The molecule has 0 aromatic heterocycles. The average molecular weight is 252 g/mol. The Morgan fingerprint density at radius 2 is 2.28 bits per heavy atom. The number of aliphatic imine (C=N–C) groups is 1. The number of fused-ring (bicyclic) bond motifs is 1. The van der Waals surface area contributed by atoms with Crippen LogP contribution in [-0.2, 0) is 4.79 Å². The van der Waals surface area contributed by atoms with Crippen LogP contribution in [0, 0.1) is 0 Å². The Kier molecular flexibility index (Phi) is 2.81. The summed E-state index contributed by atoms with van der Waals surface area (Å²) in [7, 11) is 0. The van der Waals surface area contributed by atoms with E-state index in [1.165, 1.54) is 12.4 Å². The summed E-state index contributed by atoms with van der Waals surface area (Å²) >= 11 is 0. The predicted molar refractivity (Wildman–Crippen MR) is 65.8 cm³/mol. The van der Waals surface area contributed by atoms with E-state index in [0.717, 1.165) is 6.42 Å². The first kappa shape index (κ1) is 11.6. The Hall–Kier alpha value is -1.43. The van der Waals surface area contributed by atoms with Gasteiger partial charge in [-0.15, -0.1) is 0 Å². The fourth-order valence-electron chi connectivity index (χ4n) is 3.11. The Morgan fingerprint density at radius 3 is 3.06 bits per heavy atom. The number of hydrogen-bond acceptors (Lipinski definition) is 4. The molecule has 0 saturated carbocycles. The zero-order valence-corrected chi connectivity index (χ0v) is 10.1. The number of hydrogen-bond donors (Lipinski definition) is 1. The number of rotatable bonds is 1. The second-order valence-corrected chi connectivity index (χ2v) is 5.09. The van der Waals surface area contributed by atoms with Gasteiger partial charge in [0.1, 0.15) is 0 Å². The molecule has 3 aliphatic rings. The van der Waals surface area contributed by atoms with Crippen molar-refractivity contribution in [2.45, 2.75) is 31.1 Å². The summed E-state index contributed by atoms with van der Waals surface area (Å²) in [5, 5.41) is 0. The van der Waals surface area contributed by atoms with Gasteiger partial charge in [0, 0.05) is 50.2 Å². The zero-order chi connectivity index (χ0) is 12.7. The number of nitrogens with two attached hydrogens (primary N) is 1. The Morgan fingerprint density at radius 1 is 1.44 bits per heavy atom. The van der Waals surface area contributed by atoms with Crippen LogP contribution in [-0.4, -0.2) is 59.8 Å². The predicted octanol–water partition coefficient (Wildman–Crippen LogP) is -0.116. The second kappa shape index (κ2) is 4.35. The first-order valence-electron chi connectivity index (χ1n) is 6.33. The third-order valence-electron chi connectivity index (χ3n) is 4.01. The highest BCUT2D eigenvalue weighted by Gasteiger charge is 2.40. The molecule has 3 aliphatic heterocycles. The lowest BCUT2D eigenvalue weighted by Gasteiger charge is -2.42. The standard InChI is InChI=1S/C12H17FN4O/c13-9-5-15-6-10(14)12(9)16-3-4-17-8(7-16)1-2-11(17)18/h5-6,8-9,12H,1-4,7,14H2. The molecule has 18 heavy (non-hydrogen) atoms. The molecular weight excluding hydrogens is 235 g/mol. The topological polar surface area (TPSA) is 61.9 Å². The van der Waals surface area contributed by atoms with Crippen molar-refractivity contribution in [1.82, 2.24) is 9.80 Å². The van der Waals surface area contributed by atoms with Gasteiger partial charge < -0.3 is 10.6 Å². The van der Waals surface area contributed by atoms with Gasteiger partial charge in [0.05, 0.1) is 6.04 Å². The largest absolute Gasteiger partial charge is 0.399 e. The first-order valence-corrected chi connectivity index (χ1v) is 6.33. The van der Waals surface area contributed by atoms with Crippen molar-refractivity contribution in [3.05, 3.63) is 11.9 Å². The van der Waals surface area contributed by atoms with Crippen LogP contribution in [0.15, 0.2) is 16.9 Å². The minimum absolute atomic E-state index is 0.227. The molecule has 1 amide bonds. The van der Waals surface area contributed by atoms with Crippen LogP contribution >= 0.6 is 0 Å². The van der Waals surface area contributed by atoms with Gasteiger partial charge in [-0.3, -0.25) is 14.7 Å². The van der Waals surface area contributed by atoms with E-state index in [4.69, 9.17) is 5.73 Å². The van der Waals surface area contributed by atoms with E-state index >= 15 is 0 Å². The number of nitrogens with zero attached hydrogens (tertiary/aromatic N) is 3. The number of carbonyl (C=O) groups excluding carboxylic acids is 1. The lowest BCUT2D eigenvalue weighted by molar-refractivity contribution is -0.131. The smallest absolute Gasteiger partial charge is 0.222 e. The van der Waals surface area contributed by atoms with Crippen molar-refractivity contribution in [2.75, 3.05) is 19.6 Å². The van der Waals surface area contributed by atoms with Crippen molar-refractivity contribution >= 4 is 12.1 Å². The van der Waals surface area contributed by atoms with Crippen LogP contribution in [0.1, 0.15) is 12.8 Å². The van der Waals surface area contributed by atoms with Crippen LogP contribution in [0.3, 0.4) is 0 Å². The molecule has 5 nitrogen and oxygen atoms in total. The van der Waals surface area contributed by atoms with Gasteiger partial charge in [-0.2, -0.15) is 0 Å². The molecule has 0 aromatic rings. The van der Waals surface area contributed by atoms with Gasteiger partial charge in [-0.1, -0.05) is 0 Å². The van der Waals surface area contributed by atoms with Crippen molar-refractivity contribution in [3.63, 3.8) is 0 Å². The summed E-state index contributed by atoms with van der Waals surface area (Å²) in [5.41, 5.74) is 6.32.